The first-order valence-electron chi connectivity index (χ1n) is 8.38. The van der Waals surface area contributed by atoms with Crippen molar-refractivity contribution in [3.8, 4) is 0 Å². The van der Waals surface area contributed by atoms with Crippen LogP contribution in [0.25, 0.3) is 0 Å². The summed E-state index contributed by atoms with van der Waals surface area (Å²) in [5, 5.41) is 11.9. The highest BCUT2D eigenvalue weighted by atomic mass is 35.5. The fraction of sp³-hybridized carbons (Fsp3) is 0. The van der Waals surface area contributed by atoms with Crippen LogP contribution in [0.5, 0.6) is 0 Å². The molecule has 0 saturated carbocycles. The summed E-state index contributed by atoms with van der Waals surface area (Å²) in [5.74, 6) is -1.68. The maximum atomic E-state index is 12.2. The van der Waals surface area contributed by atoms with E-state index in [0.717, 1.165) is 6.33 Å². The largest absolute Gasteiger partial charge is 0.356 e. The van der Waals surface area contributed by atoms with E-state index in [1.54, 1.807) is 42.5 Å². The molecule has 0 aliphatic heterocycles. The van der Waals surface area contributed by atoms with E-state index in [2.05, 4.69) is 31.7 Å². The van der Waals surface area contributed by atoms with Crippen molar-refractivity contribution in [3.63, 3.8) is 0 Å². The number of anilines is 2. The predicted molar refractivity (Wildman–Crippen MR) is 109 cm³/mol. The maximum absolute atomic E-state index is 12.2. The number of hydrogen-bond acceptors (Lipinski definition) is 8. The molecule has 152 valence electrons. The molecule has 2 amide bonds. The molecule has 0 saturated heterocycles. The second-order valence-electron chi connectivity index (χ2n) is 5.71. The highest BCUT2D eigenvalue weighted by Crippen LogP contribution is 2.27. The van der Waals surface area contributed by atoms with Gasteiger partial charge in [-0.15, -0.1) is 0 Å². The van der Waals surface area contributed by atoms with E-state index in [1.165, 1.54) is 12.1 Å². The first-order valence-corrected chi connectivity index (χ1v) is 8.76. The van der Waals surface area contributed by atoms with Gasteiger partial charge in [-0.05, 0) is 30.3 Å². The van der Waals surface area contributed by atoms with Crippen molar-refractivity contribution in [2.45, 2.75) is 0 Å². The van der Waals surface area contributed by atoms with Crippen LogP contribution in [0.2, 0.25) is 5.02 Å². The number of carbonyl (C=O) groups is 2. The zero-order valence-corrected chi connectivity index (χ0v) is 15.9. The summed E-state index contributed by atoms with van der Waals surface area (Å²) in [5.41, 5.74) is 9.39. The van der Waals surface area contributed by atoms with Gasteiger partial charge in [-0.1, -0.05) is 35.9 Å². The van der Waals surface area contributed by atoms with Crippen LogP contribution < -0.4 is 21.7 Å². The Hall–Kier alpha value is -4.25. The number of nitrogens with zero attached hydrogens (tertiary/aromatic N) is 3. The monoisotopic (exact) mass is 427 g/mol. The number of nitro groups is 1. The third kappa shape index (κ3) is 4.97. The van der Waals surface area contributed by atoms with Gasteiger partial charge in [-0.2, -0.15) is 0 Å². The Labute approximate surface area is 174 Å². The van der Waals surface area contributed by atoms with Crippen molar-refractivity contribution >= 4 is 40.7 Å². The predicted octanol–water partition coefficient (Wildman–Crippen LogP) is 2.55. The summed E-state index contributed by atoms with van der Waals surface area (Å²) >= 11 is 5.85. The van der Waals surface area contributed by atoms with E-state index in [-0.39, 0.29) is 17.2 Å². The van der Waals surface area contributed by atoms with Crippen molar-refractivity contribution in [2.24, 2.45) is 0 Å². The summed E-state index contributed by atoms with van der Waals surface area (Å²) < 4.78 is 0. The maximum Gasteiger partial charge on any atom is 0.356 e. The Bertz CT molecular complexity index is 1090. The molecule has 0 atom stereocenters. The molecule has 11 nitrogen and oxygen atoms in total. The van der Waals surface area contributed by atoms with Gasteiger partial charge in [-0.25, -0.2) is 9.97 Å². The summed E-state index contributed by atoms with van der Waals surface area (Å²) in [6.45, 7) is 0. The Balaban J connectivity index is 1.73. The SMILES string of the molecule is O=C(NNc1ncnc(NNC(=O)c2cccc(Cl)c2)c1[N+](=O)[O-])c1ccccc1. The fourth-order valence-electron chi connectivity index (χ4n) is 2.33. The molecular formula is C18H14ClN7O4. The van der Waals surface area contributed by atoms with Crippen LogP contribution in [0.15, 0.2) is 60.9 Å². The number of aromatic nitrogens is 2. The lowest BCUT2D eigenvalue weighted by atomic mass is 10.2. The first-order chi connectivity index (χ1) is 14.5. The molecule has 2 aromatic carbocycles. The van der Waals surface area contributed by atoms with Crippen molar-refractivity contribution in [1.29, 1.82) is 0 Å². The second-order valence-corrected chi connectivity index (χ2v) is 6.15. The quantitative estimate of drug-likeness (QED) is 0.331. The van der Waals surface area contributed by atoms with Crippen molar-refractivity contribution in [1.82, 2.24) is 20.8 Å². The van der Waals surface area contributed by atoms with Gasteiger partial charge >= 0.3 is 5.69 Å². The number of hydrazine groups is 2. The molecule has 0 spiro atoms. The molecule has 3 aromatic rings. The second kappa shape index (κ2) is 9.30. The minimum absolute atomic E-state index is 0.236. The smallest absolute Gasteiger partial charge is 0.276 e. The summed E-state index contributed by atoms with van der Waals surface area (Å²) in [6.07, 6.45) is 1.03. The zero-order chi connectivity index (χ0) is 21.5. The van der Waals surface area contributed by atoms with E-state index in [1.807, 2.05) is 0 Å². The lowest BCUT2D eigenvalue weighted by Gasteiger charge is -2.11. The van der Waals surface area contributed by atoms with E-state index < -0.39 is 22.4 Å². The van der Waals surface area contributed by atoms with Crippen LogP contribution in [0.1, 0.15) is 20.7 Å². The van der Waals surface area contributed by atoms with Crippen LogP contribution in [-0.4, -0.2) is 26.7 Å². The van der Waals surface area contributed by atoms with Gasteiger partial charge < -0.3 is 0 Å². The van der Waals surface area contributed by atoms with E-state index in [0.29, 0.717) is 10.6 Å². The molecule has 0 unspecified atom stereocenters. The number of benzene rings is 2. The number of nitrogens with one attached hydrogen (secondary N) is 4. The summed E-state index contributed by atoms with van der Waals surface area (Å²) in [6, 6.07) is 14.4. The Morgan fingerprint density at radius 3 is 2.00 bits per heavy atom. The molecule has 0 aliphatic carbocycles. The molecule has 0 fully saturated rings. The molecule has 0 radical (unpaired) electrons. The fourth-order valence-corrected chi connectivity index (χ4v) is 2.52. The summed E-state index contributed by atoms with van der Waals surface area (Å²) in [7, 11) is 0. The zero-order valence-electron chi connectivity index (χ0n) is 15.1. The van der Waals surface area contributed by atoms with Crippen molar-refractivity contribution in [3.05, 3.63) is 87.2 Å². The third-order valence-electron chi connectivity index (χ3n) is 3.72. The Morgan fingerprint density at radius 1 is 0.867 bits per heavy atom. The van der Waals surface area contributed by atoms with Crippen LogP contribution in [0, 0.1) is 10.1 Å². The number of rotatable bonds is 7. The van der Waals surface area contributed by atoms with Crippen molar-refractivity contribution in [2.75, 3.05) is 10.9 Å². The highest BCUT2D eigenvalue weighted by molar-refractivity contribution is 6.30. The molecule has 1 aromatic heterocycles. The molecule has 30 heavy (non-hydrogen) atoms. The van der Waals surface area contributed by atoms with Crippen molar-refractivity contribution < 1.29 is 14.5 Å². The van der Waals surface area contributed by atoms with Crippen LogP contribution in [-0.2, 0) is 0 Å². The van der Waals surface area contributed by atoms with Gasteiger partial charge in [0.2, 0.25) is 11.6 Å². The van der Waals surface area contributed by atoms with Gasteiger partial charge in [-0.3, -0.25) is 41.4 Å². The lowest BCUT2D eigenvalue weighted by Crippen LogP contribution is -2.32. The van der Waals surface area contributed by atoms with E-state index >= 15 is 0 Å². The van der Waals surface area contributed by atoms with Gasteiger partial charge in [0.05, 0.1) is 4.92 Å². The number of carbonyl (C=O) groups excluding carboxylic acids is 2. The average Bonchev–Trinajstić information content (AvgIpc) is 2.76. The molecule has 12 heteroatoms. The molecule has 1 heterocycles. The highest BCUT2D eigenvalue weighted by Gasteiger charge is 2.24. The summed E-state index contributed by atoms with van der Waals surface area (Å²) in [4.78, 5) is 42.6. The minimum atomic E-state index is -0.759. The minimum Gasteiger partial charge on any atom is -0.276 e. The third-order valence-corrected chi connectivity index (χ3v) is 3.95. The van der Waals surface area contributed by atoms with Crippen LogP contribution >= 0.6 is 11.6 Å². The molecule has 4 N–H and O–H groups in total. The molecule has 0 bridgehead atoms. The normalized spacial score (nSPS) is 10.0. The van der Waals surface area contributed by atoms with Gasteiger partial charge in [0, 0.05) is 16.1 Å². The molecular weight excluding hydrogens is 414 g/mol. The first kappa shape index (κ1) is 20.5. The lowest BCUT2D eigenvalue weighted by molar-refractivity contribution is -0.383. The number of hydrogen-bond donors (Lipinski definition) is 4. The Kier molecular flexibility index (Phi) is 6.35. The number of amides is 2. The van der Waals surface area contributed by atoms with Crippen LogP contribution in [0.3, 0.4) is 0 Å². The Morgan fingerprint density at radius 2 is 1.43 bits per heavy atom. The van der Waals surface area contributed by atoms with Gasteiger partial charge in [0.25, 0.3) is 11.8 Å². The molecule has 3 rings (SSSR count). The van der Waals surface area contributed by atoms with Gasteiger partial charge in [0.1, 0.15) is 6.33 Å². The van der Waals surface area contributed by atoms with E-state index in [4.69, 9.17) is 11.6 Å². The average molecular weight is 428 g/mol. The molecule has 0 aliphatic rings. The van der Waals surface area contributed by atoms with Crippen LogP contribution in [0.4, 0.5) is 17.3 Å². The number of halogens is 1. The standard InChI is InChI=1S/C18H14ClN7O4/c19-13-8-4-7-12(9-13)18(28)25-23-16-14(26(29)30)15(20-10-21-16)22-24-17(27)11-5-2-1-3-6-11/h1-10H,(H,24,27)(H,25,28)(H2,20,21,22,23). The topological polar surface area (TPSA) is 151 Å². The van der Waals surface area contributed by atoms with E-state index in [9.17, 15) is 19.7 Å². The van der Waals surface area contributed by atoms with Gasteiger partial charge in [0.15, 0.2) is 0 Å².